The van der Waals surface area contributed by atoms with Crippen LogP contribution in [0, 0.1) is 0 Å². The third-order valence-corrected chi connectivity index (χ3v) is 1.44. The highest BCUT2D eigenvalue weighted by atomic mass is 31.1. The number of carbonyl (C=O) groups excluding carboxylic acids is 2. The van der Waals surface area contributed by atoms with Crippen LogP contribution in [-0.2, 0) is 9.53 Å². The van der Waals surface area contributed by atoms with E-state index in [9.17, 15) is 9.59 Å². The number of esters is 1. The van der Waals surface area contributed by atoms with Crippen LogP contribution >= 0.6 is 8.58 Å². The maximum atomic E-state index is 10.0. The summed E-state index contributed by atoms with van der Waals surface area (Å²) < 4.78 is 4.10. The summed E-state index contributed by atoms with van der Waals surface area (Å²) in [5.41, 5.74) is -0.370. The topological polar surface area (TPSA) is 43.4 Å². The van der Waals surface area contributed by atoms with Gasteiger partial charge in [-0.15, -0.1) is 0 Å². The normalized spacial score (nSPS) is 23.4. The first-order valence-electron chi connectivity index (χ1n) is 1.77. The van der Waals surface area contributed by atoms with Gasteiger partial charge in [-0.05, 0) is 0 Å². The molecular formula is C3H3O3P. The van der Waals surface area contributed by atoms with Crippen molar-refractivity contribution in [1.82, 2.24) is 0 Å². The summed E-state index contributed by atoms with van der Waals surface area (Å²) in [6.45, 7) is 0. The van der Waals surface area contributed by atoms with Gasteiger partial charge in [-0.25, -0.2) is 4.79 Å². The smallest absolute Gasteiger partial charge is 0.331 e. The minimum Gasteiger partial charge on any atom is -0.390 e. The molecule has 4 heteroatoms. The molecule has 0 aromatic heterocycles. The Balaban J connectivity index is 2.55. The summed E-state index contributed by atoms with van der Waals surface area (Å²) in [6.07, 6.45) is 0.291. The molecule has 3 nitrogen and oxygen atoms in total. The van der Waals surface area contributed by atoms with Gasteiger partial charge in [0, 0.05) is 8.58 Å². The fraction of sp³-hybridized carbons (Fsp3) is 0.333. The third kappa shape index (κ3) is 0.967. The van der Waals surface area contributed by atoms with Crippen molar-refractivity contribution in [2.45, 2.75) is 0 Å². The maximum absolute atomic E-state index is 10.0. The van der Waals surface area contributed by atoms with Crippen LogP contribution in [0.5, 0.6) is 0 Å². The Morgan fingerprint density at radius 3 is 2.43 bits per heavy atom. The first kappa shape index (κ1) is 4.72. The molecule has 0 aromatic rings. The van der Waals surface area contributed by atoms with E-state index in [-0.39, 0.29) is 20.3 Å². The SMILES string of the molecule is O=C1CPC(=O)O1. The lowest BCUT2D eigenvalue weighted by Crippen LogP contribution is -1.95. The second-order valence-corrected chi connectivity index (χ2v) is 2.23. The van der Waals surface area contributed by atoms with Gasteiger partial charge in [0.25, 0.3) is 0 Å². The largest absolute Gasteiger partial charge is 0.390 e. The van der Waals surface area contributed by atoms with Crippen LogP contribution in [0.3, 0.4) is 0 Å². The zero-order chi connectivity index (χ0) is 5.28. The molecule has 1 unspecified atom stereocenters. The van der Waals surface area contributed by atoms with Crippen molar-refractivity contribution in [3.8, 4) is 0 Å². The van der Waals surface area contributed by atoms with E-state index in [1.165, 1.54) is 0 Å². The Labute approximate surface area is 41.8 Å². The van der Waals surface area contributed by atoms with Crippen LogP contribution in [0.2, 0.25) is 0 Å². The zero-order valence-electron chi connectivity index (χ0n) is 3.43. The predicted molar refractivity (Wildman–Crippen MR) is 24.7 cm³/mol. The van der Waals surface area contributed by atoms with E-state index in [1.807, 2.05) is 0 Å². The molecule has 0 saturated carbocycles. The van der Waals surface area contributed by atoms with Gasteiger partial charge in [0.2, 0.25) is 0 Å². The van der Waals surface area contributed by atoms with Crippen LogP contribution in [0.25, 0.3) is 0 Å². The maximum Gasteiger partial charge on any atom is 0.331 e. The van der Waals surface area contributed by atoms with E-state index in [0.717, 1.165) is 0 Å². The van der Waals surface area contributed by atoms with Crippen molar-refractivity contribution in [1.29, 1.82) is 0 Å². The van der Waals surface area contributed by atoms with Crippen molar-refractivity contribution in [2.24, 2.45) is 0 Å². The minimum atomic E-state index is -0.386. The van der Waals surface area contributed by atoms with Crippen molar-refractivity contribution < 1.29 is 14.3 Å². The summed E-state index contributed by atoms with van der Waals surface area (Å²) in [4.78, 5) is 20.0. The van der Waals surface area contributed by atoms with E-state index in [1.54, 1.807) is 0 Å². The van der Waals surface area contributed by atoms with Crippen LogP contribution < -0.4 is 0 Å². The molecule has 38 valence electrons. The van der Waals surface area contributed by atoms with Gasteiger partial charge in [-0.2, -0.15) is 0 Å². The Morgan fingerprint density at radius 2 is 2.29 bits per heavy atom. The molecule has 1 fully saturated rings. The second-order valence-electron chi connectivity index (χ2n) is 1.12. The van der Waals surface area contributed by atoms with Gasteiger partial charge in [-0.1, -0.05) is 0 Å². The van der Waals surface area contributed by atoms with E-state index in [4.69, 9.17) is 0 Å². The molecule has 1 rings (SSSR count). The minimum absolute atomic E-state index is 0.0521. The van der Waals surface area contributed by atoms with Crippen LogP contribution in [0.15, 0.2) is 0 Å². The van der Waals surface area contributed by atoms with E-state index in [0.29, 0.717) is 6.16 Å². The molecule has 7 heavy (non-hydrogen) atoms. The lowest BCUT2D eigenvalue weighted by molar-refractivity contribution is -0.132. The summed E-state index contributed by atoms with van der Waals surface area (Å²) in [5, 5.41) is 0. The summed E-state index contributed by atoms with van der Waals surface area (Å²) in [7, 11) is 0.0521. The van der Waals surface area contributed by atoms with Crippen molar-refractivity contribution in [3.05, 3.63) is 0 Å². The van der Waals surface area contributed by atoms with Gasteiger partial charge in [-0.3, -0.25) is 4.79 Å². The van der Waals surface area contributed by atoms with Crippen molar-refractivity contribution in [2.75, 3.05) is 6.16 Å². The number of rotatable bonds is 0. The first-order chi connectivity index (χ1) is 3.29. The second kappa shape index (κ2) is 1.58. The molecule has 1 atom stereocenters. The molecule has 0 bridgehead atoms. The Kier molecular flexibility index (Phi) is 1.07. The monoisotopic (exact) mass is 118 g/mol. The van der Waals surface area contributed by atoms with Gasteiger partial charge in [0.15, 0.2) is 0 Å². The van der Waals surface area contributed by atoms with Crippen molar-refractivity contribution >= 4 is 20.3 Å². The molecule has 0 aliphatic carbocycles. The fourth-order valence-electron chi connectivity index (χ4n) is 0.320. The number of cyclic esters (lactones) is 2. The average molecular weight is 118 g/mol. The molecule has 0 spiro atoms. The highest BCUT2D eigenvalue weighted by molar-refractivity contribution is 7.59. The first-order valence-corrected chi connectivity index (χ1v) is 2.98. The van der Waals surface area contributed by atoms with E-state index in [2.05, 4.69) is 4.74 Å². The Morgan fingerprint density at radius 1 is 1.57 bits per heavy atom. The number of ether oxygens (including phenoxy) is 1. The Bertz CT molecular complexity index is 105. The van der Waals surface area contributed by atoms with Gasteiger partial charge in [0.05, 0.1) is 6.16 Å². The predicted octanol–water partition coefficient (Wildman–Crippen LogP) is 0.342. The highest BCUT2D eigenvalue weighted by Gasteiger charge is 2.19. The third-order valence-electron chi connectivity index (χ3n) is 0.584. The summed E-state index contributed by atoms with van der Waals surface area (Å²) in [5.74, 6) is -0.386. The molecule has 0 amide bonds. The highest BCUT2D eigenvalue weighted by Crippen LogP contribution is 2.20. The Hall–Kier alpha value is -0.430. The molecule has 0 N–H and O–H groups in total. The number of hydrogen-bond donors (Lipinski definition) is 0. The molecule has 1 aliphatic heterocycles. The fourth-order valence-corrected chi connectivity index (χ4v) is 0.867. The summed E-state index contributed by atoms with van der Waals surface area (Å²) >= 11 is 0. The lowest BCUT2D eigenvalue weighted by atomic mass is 10.8. The van der Waals surface area contributed by atoms with Crippen LogP contribution in [0.4, 0.5) is 4.79 Å². The molecule has 1 aliphatic rings. The lowest BCUT2D eigenvalue weighted by Gasteiger charge is -1.79. The van der Waals surface area contributed by atoms with Crippen LogP contribution in [-0.4, -0.2) is 17.8 Å². The van der Waals surface area contributed by atoms with Gasteiger partial charge < -0.3 is 4.74 Å². The van der Waals surface area contributed by atoms with Crippen LogP contribution in [0.1, 0.15) is 0 Å². The molecule has 1 saturated heterocycles. The number of carbonyl (C=O) groups is 2. The quantitative estimate of drug-likeness (QED) is 0.261. The zero-order valence-corrected chi connectivity index (χ0v) is 4.43. The standard InChI is InChI=1S/C3H3O3P/c4-2-1-7-3(5)6-2/h7H,1H2. The molecule has 0 radical (unpaired) electrons. The molecule has 1 heterocycles. The molecular weight excluding hydrogens is 115 g/mol. The van der Waals surface area contributed by atoms with Crippen molar-refractivity contribution in [3.63, 3.8) is 0 Å². The summed E-state index contributed by atoms with van der Waals surface area (Å²) in [6, 6.07) is 0. The van der Waals surface area contributed by atoms with Gasteiger partial charge in [0.1, 0.15) is 0 Å². The average Bonchev–Trinajstić information content (AvgIpc) is 1.87. The molecule has 0 aromatic carbocycles. The number of hydrogen-bond acceptors (Lipinski definition) is 3. The van der Waals surface area contributed by atoms with Gasteiger partial charge >= 0.3 is 11.7 Å². The van der Waals surface area contributed by atoms with E-state index < -0.39 is 0 Å². The van der Waals surface area contributed by atoms with E-state index >= 15 is 0 Å².